The van der Waals surface area contributed by atoms with Crippen molar-refractivity contribution in [1.82, 2.24) is 4.72 Å². The topological polar surface area (TPSA) is 46.2 Å². The highest BCUT2D eigenvalue weighted by Crippen LogP contribution is 2.21. The van der Waals surface area contributed by atoms with Crippen molar-refractivity contribution in [3.63, 3.8) is 0 Å². The first kappa shape index (κ1) is 14.2. The van der Waals surface area contributed by atoms with Gasteiger partial charge >= 0.3 is 0 Å². The SMILES string of the molecule is Cc1cc(CNS(=O)(=O)c2ccc(F)cc2)c(C)s1. The van der Waals surface area contributed by atoms with Crippen molar-refractivity contribution in [2.75, 3.05) is 0 Å². The highest BCUT2D eigenvalue weighted by Gasteiger charge is 2.14. The fourth-order valence-corrected chi connectivity index (χ4v) is 3.68. The number of thiophene rings is 1. The van der Waals surface area contributed by atoms with E-state index in [-0.39, 0.29) is 11.4 Å². The number of benzene rings is 1. The summed E-state index contributed by atoms with van der Waals surface area (Å²) in [7, 11) is -3.59. The van der Waals surface area contributed by atoms with Crippen LogP contribution in [0.3, 0.4) is 0 Å². The number of sulfonamides is 1. The van der Waals surface area contributed by atoms with E-state index in [0.717, 1.165) is 27.5 Å². The molecule has 0 unspecified atom stereocenters. The fourth-order valence-electron chi connectivity index (χ4n) is 1.73. The van der Waals surface area contributed by atoms with Crippen LogP contribution in [0.15, 0.2) is 35.2 Å². The molecular formula is C13H14FNO2S2. The zero-order valence-electron chi connectivity index (χ0n) is 10.6. The standard InChI is InChI=1S/C13H14FNO2S2/c1-9-7-11(10(2)18-9)8-15-19(16,17)13-5-3-12(14)4-6-13/h3-7,15H,8H2,1-2H3. The molecule has 0 bridgehead atoms. The lowest BCUT2D eigenvalue weighted by Crippen LogP contribution is -2.23. The van der Waals surface area contributed by atoms with Crippen molar-refractivity contribution >= 4 is 21.4 Å². The first-order valence-electron chi connectivity index (χ1n) is 5.69. The van der Waals surface area contributed by atoms with Gasteiger partial charge in [0, 0.05) is 16.3 Å². The predicted octanol–water partition coefficient (Wildman–Crippen LogP) is 2.98. The molecule has 3 nitrogen and oxygen atoms in total. The van der Waals surface area contributed by atoms with Crippen LogP contribution in [-0.2, 0) is 16.6 Å². The van der Waals surface area contributed by atoms with Crippen molar-refractivity contribution in [3.8, 4) is 0 Å². The lowest BCUT2D eigenvalue weighted by atomic mass is 10.2. The summed E-state index contributed by atoms with van der Waals surface area (Å²) in [6.07, 6.45) is 0. The summed E-state index contributed by atoms with van der Waals surface area (Å²) < 4.78 is 39.3. The largest absolute Gasteiger partial charge is 0.240 e. The molecule has 1 heterocycles. The average Bonchev–Trinajstić information content (AvgIpc) is 2.66. The quantitative estimate of drug-likeness (QED) is 0.943. The summed E-state index contributed by atoms with van der Waals surface area (Å²) in [6.45, 7) is 4.19. The van der Waals surface area contributed by atoms with Crippen LogP contribution in [0.25, 0.3) is 0 Å². The van der Waals surface area contributed by atoms with Crippen molar-refractivity contribution in [3.05, 3.63) is 51.5 Å². The van der Waals surface area contributed by atoms with Gasteiger partial charge < -0.3 is 0 Å². The smallest absolute Gasteiger partial charge is 0.207 e. The van der Waals surface area contributed by atoms with Crippen LogP contribution < -0.4 is 4.72 Å². The molecular weight excluding hydrogens is 285 g/mol. The van der Waals surface area contributed by atoms with E-state index in [2.05, 4.69) is 4.72 Å². The van der Waals surface area contributed by atoms with Gasteiger partial charge in [0.05, 0.1) is 4.90 Å². The molecule has 0 aliphatic carbocycles. The number of aryl methyl sites for hydroxylation is 2. The Bertz CT molecular complexity index is 675. The maximum atomic E-state index is 12.8. The fraction of sp³-hybridized carbons (Fsp3) is 0.231. The highest BCUT2D eigenvalue weighted by molar-refractivity contribution is 7.89. The third kappa shape index (κ3) is 3.40. The van der Waals surface area contributed by atoms with Gasteiger partial charge in [-0.15, -0.1) is 11.3 Å². The van der Waals surface area contributed by atoms with Crippen molar-refractivity contribution < 1.29 is 12.8 Å². The van der Waals surface area contributed by atoms with Crippen molar-refractivity contribution in [2.45, 2.75) is 25.3 Å². The Hall–Kier alpha value is -1.24. The molecule has 0 saturated heterocycles. The van der Waals surface area contributed by atoms with E-state index in [9.17, 15) is 12.8 Å². The molecule has 0 saturated carbocycles. The van der Waals surface area contributed by atoms with Gasteiger partial charge in [-0.05, 0) is 49.7 Å². The molecule has 0 spiro atoms. The van der Waals surface area contributed by atoms with E-state index in [1.54, 1.807) is 11.3 Å². The molecule has 1 aromatic heterocycles. The minimum Gasteiger partial charge on any atom is -0.207 e. The zero-order valence-corrected chi connectivity index (χ0v) is 12.2. The Kier molecular flexibility index (Phi) is 4.03. The summed E-state index contributed by atoms with van der Waals surface area (Å²) in [5, 5.41) is 0. The number of hydrogen-bond acceptors (Lipinski definition) is 3. The second kappa shape index (κ2) is 5.40. The number of nitrogens with one attached hydrogen (secondary N) is 1. The van der Waals surface area contributed by atoms with E-state index in [1.165, 1.54) is 12.1 Å². The molecule has 6 heteroatoms. The van der Waals surface area contributed by atoms with Crippen molar-refractivity contribution in [2.24, 2.45) is 0 Å². The average molecular weight is 299 g/mol. The van der Waals surface area contributed by atoms with E-state index < -0.39 is 15.8 Å². The van der Waals surface area contributed by atoms with Crippen LogP contribution in [0.1, 0.15) is 15.3 Å². The van der Waals surface area contributed by atoms with Gasteiger partial charge in [-0.1, -0.05) is 0 Å². The molecule has 0 radical (unpaired) electrons. The third-order valence-corrected chi connectivity index (χ3v) is 5.15. The third-order valence-electron chi connectivity index (χ3n) is 2.72. The van der Waals surface area contributed by atoms with Crippen LogP contribution in [0, 0.1) is 19.7 Å². The van der Waals surface area contributed by atoms with Gasteiger partial charge in [0.2, 0.25) is 10.0 Å². The number of rotatable bonds is 4. The second-order valence-electron chi connectivity index (χ2n) is 4.22. The van der Waals surface area contributed by atoms with E-state index in [1.807, 2.05) is 19.9 Å². The van der Waals surface area contributed by atoms with Gasteiger partial charge in [0.15, 0.2) is 0 Å². The molecule has 0 aliphatic rings. The molecule has 0 aliphatic heterocycles. The Balaban J connectivity index is 2.14. The van der Waals surface area contributed by atoms with Crippen LogP contribution in [0.2, 0.25) is 0 Å². The van der Waals surface area contributed by atoms with E-state index in [0.29, 0.717) is 0 Å². The van der Waals surface area contributed by atoms with Crippen molar-refractivity contribution in [1.29, 1.82) is 0 Å². The number of halogens is 1. The predicted molar refractivity (Wildman–Crippen MR) is 74.2 cm³/mol. The Labute approximate surface area is 116 Å². The summed E-state index contributed by atoms with van der Waals surface area (Å²) in [4.78, 5) is 2.31. The summed E-state index contributed by atoms with van der Waals surface area (Å²) in [5.41, 5.74) is 0.966. The molecule has 102 valence electrons. The molecule has 0 amide bonds. The normalized spacial score (nSPS) is 11.7. The minimum absolute atomic E-state index is 0.0681. The van der Waals surface area contributed by atoms with Gasteiger partial charge in [-0.3, -0.25) is 0 Å². The monoisotopic (exact) mass is 299 g/mol. The van der Waals surface area contributed by atoms with Gasteiger partial charge in [-0.25, -0.2) is 17.5 Å². The number of hydrogen-bond donors (Lipinski definition) is 1. The van der Waals surface area contributed by atoms with E-state index in [4.69, 9.17) is 0 Å². The molecule has 2 rings (SSSR count). The van der Waals surface area contributed by atoms with Gasteiger partial charge in [0.1, 0.15) is 5.82 Å². The van der Waals surface area contributed by atoms with Gasteiger partial charge in [0.25, 0.3) is 0 Å². The maximum absolute atomic E-state index is 12.8. The Morgan fingerprint density at radius 1 is 1.21 bits per heavy atom. The summed E-state index contributed by atoms with van der Waals surface area (Å²) in [5.74, 6) is -0.455. The second-order valence-corrected chi connectivity index (χ2v) is 7.44. The maximum Gasteiger partial charge on any atom is 0.240 e. The first-order chi connectivity index (χ1) is 8.88. The first-order valence-corrected chi connectivity index (χ1v) is 7.99. The zero-order chi connectivity index (χ0) is 14.0. The Morgan fingerprint density at radius 3 is 2.37 bits per heavy atom. The van der Waals surface area contributed by atoms with Crippen LogP contribution in [0.5, 0.6) is 0 Å². The Morgan fingerprint density at radius 2 is 1.84 bits per heavy atom. The van der Waals surface area contributed by atoms with Gasteiger partial charge in [-0.2, -0.15) is 0 Å². The lowest BCUT2D eigenvalue weighted by molar-refractivity contribution is 0.580. The van der Waals surface area contributed by atoms with E-state index >= 15 is 0 Å². The minimum atomic E-state index is -3.59. The van der Waals surface area contributed by atoms with Crippen LogP contribution in [-0.4, -0.2) is 8.42 Å². The molecule has 1 N–H and O–H groups in total. The van der Waals surface area contributed by atoms with Crippen LogP contribution >= 0.6 is 11.3 Å². The molecule has 2 aromatic rings. The lowest BCUT2D eigenvalue weighted by Gasteiger charge is -2.06. The summed E-state index contributed by atoms with van der Waals surface area (Å²) in [6, 6.07) is 6.74. The molecule has 0 atom stereocenters. The molecule has 19 heavy (non-hydrogen) atoms. The van der Waals surface area contributed by atoms with Crippen LogP contribution in [0.4, 0.5) is 4.39 Å². The summed E-state index contributed by atoms with van der Waals surface area (Å²) >= 11 is 1.63. The molecule has 1 aromatic carbocycles. The molecule has 0 fully saturated rings. The highest BCUT2D eigenvalue weighted by atomic mass is 32.2.